The highest BCUT2D eigenvalue weighted by atomic mass is 35.5. The number of benzene rings is 2. The van der Waals surface area contributed by atoms with Crippen LogP contribution in [0.3, 0.4) is 0 Å². The van der Waals surface area contributed by atoms with E-state index in [0.29, 0.717) is 5.02 Å². The van der Waals surface area contributed by atoms with Crippen LogP contribution in [0.1, 0.15) is 10.4 Å². The van der Waals surface area contributed by atoms with Gasteiger partial charge in [-0.05, 0) is 24.3 Å². The van der Waals surface area contributed by atoms with Gasteiger partial charge in [-0.15, -0.1) is 0 Å². The minimum absolute atomic E-state index is 0.165. The van der Waals surface area contributed by atoms with Crippen LogP contribution in [0.25, 0.3) is 0 Å². The van der Waals surface area contributed by atoms with Gasteiger partial charge in [0.2, 0.25) is 10.0 Å². The molecule has 0 saturated heterocycles. The number of nitro groups is 1. The third-order valence-electron chi connectivity index (χ3n) is 2.93. The molecule has 0 aliphatic rings. The van der Waals surface area contributed by atoms with E-state index < -0.39 is 27.3 Å². The van der Waals surface area contributed by atoms with E-state index >= 15 is 0 Å². The van der Waals surface area contributed by atoms with Gasteiger partial charge >= 0.3 is 0 Å². The van der Waals surface area contributed by atoms with Gasteiger partial charge in [0.05, 0.1) is 16.4 Å². The molecule has 9 heteroatoms. The predicted octanol–water partition coefficient (Wildman–Crippen LogP) is 2.41. The van der Waals surface area contributed by atoms with Gasteiger partial charge in [-0.1, -0.05) is 23.7 Å². The van der Waals surface area contributed by atoms with Crippen molar-refractivity contribution in [1.29, 1.82) is 0 Å². The number of rotatable bonds is 6. The number of carbonyl (C=O) groups is 1. The molecule has 0 unspecified atom stereocenters. The van der Waals surface area contributed by atoms with Gasteiger partial charge in [0.25, 0.3) is 5.69 Å². The van der Waals surface area contributed by atoms with Gasteiger partial charge in [-0.2, -0.15) is 0 Å². The van der Waals surface area contributed by atoms with Crippen molar-refractivity contribution in [3.05, 3.63) is 69.2 Å². The molecule has 2 aromatic rings. The van der Waals surface area contributed by atoms with Gasteiger partial charge in [-0.3, -0.25) is 14.9 Å². The number of ketones is 1. The standard InChI is InChI=1S/C14H11ClN2O5S/c15-11-3-1-2-10(8-11)14(18)9-16-23(21,22)13-6-4-12(5-7-13)17(19)20/h1-8,16H,9H2. The van der Waals surface area contributed by atoms with Crippen LogP contribution in [-0.4, -0.2) is 25.7 Å². The first-order chi connectivity index (χ1) is 10.8. The first-order valence-electron chi connectivity index (χ1n) is 6.32. The lowest BCUT2D eigenvalue weighted by molar-refractivity contribution is -0.384. The summed E-state index contributed by atoms with van der Waals surface area (Å²) in [6, 6.07) is 10.5. The Balaban J connectivity index is 2.09. The van der Waals surface area contributed by atoms with E-state index in [2.05, 4.69) is 4.72 Å². The Kier molecular flexibility index (Phi) is 5.09. The van der Waals surface area contributed by atoms with Crippen LogP contribution < -0.4 is 4.72 Å². The maximum Gasteiger partial charge on any atom is 0.269 e. The first-order valence-corrected chi connectivity index (χ1v) is 8.18. The minimum Gasteiger partial charge on any atom is -0.293 e. The van der Waals surface area contributed by atoms with Crippen molar-refractivity contribution in [1.82, 2.24) is 4.72 Å². The normalized spacial score (nSPS) is 11.2. The fourth-order valence-corrected chi connectivity index (χ4v) is 2.93. The van der Waals surface area contributed by atoms with Crippen LogP contribution in [0, 0.1) is 10.1 Å². The Bertz CT molecular complexity index is 850. The smallest absolute Gasteiger partial charge is 0.269 e. The monoisotopic (exact) mass is 354 g/mol. The summed E-state index contributed by atoms with van der Waals surface area (Å²) in [6.45, 7) is -0.445. The number of nitrogens with zero attached hydrogens (tertiary/aromatic N) is 1. The second-order valence-corrected chi connectivity index (χ2v) is 6.71. The minimum atomic E-state index is -3.94. The second-order valence-electron chi connectivity index (χ2n) is 4.51. The summed E-state index contributed by atoms with van der Waals surface area (Å²) >= 11 is 5.77. The lowest BCUT2D eigenvalue weighted by atomic mass is 10.1. The van der Waals surface area contributed by atoms with Crippen molar-refractivity contribution in [2.45, 2.75) is 4.90 Å². The highest BCUT2D eigenvalue weighted by molar-refractivity contribution is 7.89. The number of Topliss-reactive ketones (excluding diaryl/α,β-unsaturated/α-hetero) is 1. The van der Waals surface area contributed by atoms with Gasteiger partial charge in [0.1, 0.15) is 0 Å². The number of nitrogens with one attached hydrogen (secondary N) is 1. The molecule has 0 heterocycles. The van der Waals surface area contributed by atoms with Gasteiger partial charge in [0.15, 0.2) is 5.78 Å². The zero-order valence-corrected chi connectivity index (χ0v) is 13.2. The highest BCUT2D eigenvalue weighted by Crippen LogP contribution is 2.16. The van der Waals surface area contributed by atoms with Crippen molar-refractivity contribution in [3.63, 3.8) is 0 Å². The van der Waals surface area contributed by atoms with E-state index in [1.807, 2.05) is 0 Å². The molecular formula is C14H11ClN2O5S. The third-order valence-corrected chi connectivity index (χ3v) is 4.58. The molecule has 0 aliphatic carbocycles. The molecule has 0 aliphatic heterocycles. The molecule has 2 rings (SSSR count). The topological polar surface area (TPSA) is 106 Å². The molecule has 2 aromatic carbocycles. The molecule has 0 fully saturated rings. The number of carbonyl (C=O) groups excluding carboxylic acids is 1. The summed E-state index contributed by atoms with van der Waals surface area (Å²) in [4.78, 5) is 21.7. The fraction of sp³-hybridized carbons (Fsp3) is 0.0714. The van der Waals surface area contributed by atoms with Gasteiger partial charge < -0.3 is 0 Å². The summed E-state index contributed by atoms with van der Waals surface area (Å²) in [5, 5.41) is 10.9. The largest absolute Gasteiger partial charge is 0.293 e. The number of halogens is 1. The number of nitro benzene ring substituents is 1. The lowest BCUT2D eigenvalue weighted by Gasteiger charge is -2.06. The Morgan fingerprint density at radius 2 is 1.83 bits per heavy atom. The third kappa shape index (κ3) is 4.35. The molecule has 0 spiro atoms. The second kappa shape index (κ2) is 6.86. The Labute approximate surface area is 137 Å². The van der Waals surface area contributed by atoms with Crippen LogP contribution in [0.5, 0.6) is 0 Å². The molecule has 7 nitrogen and oxygen atoms in total. The van der Waals surface area contributed by atoms with Crippen LogP contribution >= 0.6 is 11.6 Å². The fourth-order valence-electron chi connectivity index (χ4n) is 1.75. The number of non-ortho nitro benzene ring substituents is 1. The summed E-state index contributed by atoms with van der Waals surface area (Å²) < 4.78 is 26.3. The van der Waals surface area contributed by atoms with Crippen LogP contribution in [0.4, 0.5) is 5.69 Å². The lowest BCUT2D eigenvalue weighted by Crippen LogP contribution is -2.29. The van der Waals surface area contributed by atoms with Crippen molar-refractivity contribution in [2.75, 3.05) is 6.54 Å². The number of hydrogen-bond acceptors (Lipinski definition) is 5. The van der Waals surface area contributed by atoms with E-state index in [-0.39, 0.29) is 16.1 Å². The Morgan fingerprint density at radius 3 is 2.39 bits per heavy atom. The summed E-state index contributed by atoms with van der Waals surface area (Å²) in [5.41, 5.74) is 0.0582. The molecule has 0 atom stereocenters. The molecule has 120 valence electrons. The molecule has 0 aromatic heterocycles. The molecule has 0 amide bonds. The van der Waals surface area contributed by atoms with E-state index in [1.54, 1.807) is 12.1 Å². The zero-order valence-electron chi connectivity index (χ0n) is 11.6. The molecule has 0 bridgehead atoms. The zero-order chi connectivity index (χ0) is 17.0. The summed E-state index contributed by atoms with van der Waals surface area (Å²) in [6.07, 6.45) is 0. The van der Waals surface area contributed by atoms with Crippen LogP contribution in [0.2, 0.25) is 5.02 Å². The molecule has 0 saturated carbocycles. The Hall–Kier alpha value is -2.29. The van der Waals surface area contributed by atoms with Crippen molar-refractivity contribution < 1.29 is 18.1 Å². The van der Waals surface area contributed by atoms with E-state index in [9.17, 15) is 23.3 Å². The molecule has 23 heavy (non-hydrogen) atoms. The Morgan fingerprint density at radius 1 is 1.17 bits per heavy atom. The predicted molar refractivity (Wildman–Crippen MR) is 84.1 cm³/mol. The summed E-state index contributed by atoms with van der Waals surface area (Å²) in [7, 11) is -3.94. The molecule has 0 radical (unpaired) electrons. The van der Waals surface area contributed by atoms with Crippen molar-refractivity contribution in [3.8, 4) is 0 Å². The average molecular weight is 355 g/mol. The highest BCUT2D eigenvalue weighted by Gasteiger charge is 2.17. The van der Waals surface area contributed by atoms with Gasteiger partial charge in [-0.25, -0.2) is 13.1 Å². The van der Waals surface area contributed by atoms with E-state index in [4.69, 9.17) is 11.6 Å². The van der Waals surface area contributed by atoms with Gasteiger partial charge in [0, 0.05) is 22.7 Å². The quantitative estimate of drug-likeness (QED) is 0.487. The number of sulfonamides is 1. The number of hydrogen-bond donors (Lipinski definition) is 1. The SMILES string of the molecule is O=C(CNS(=O)(=O)c1ccc([N+](=O)[O-])cc1)c1cccc(Cl)c1. The van der Waals surface area contributed by atoms with Crippen molar-refractivity contribution >= 4 is 33.1 Å². The van der Waals surface area contributed by atoms with E-state index in [1.165, 1.54) is 12.1 Å². The maximum absolute atomic E-state index is 12.1. The van der Waals surface area contributed by atoms with E-state index in [0.717, 1.165) is 24.3 Å². The first kappa shape index (κ1) is 17.1. The molecule has 1 N–H and O–H groups in total. The van der Waals surface area contributed by atoms with Crippen LogP contribution in [0.15, 0.2) is 53.4 Å². The molecular weight excluding hydrogens is 344 g/mol. The maximum atomic E-state index is 12.1. The van der Waals surface area contributed by atoms with Crippen molar-refractivity contribution in [2.24, 2.45) is 0 Å². The summed E-state index contributed by atoms with van der Waals surface area (Å²) in [5.74, 6) is -0.446. The van der Waals surface area contributed by atoms with Crippen LogP contribution in [-0.2, 0) is 10.0 Å². The average Bonchev–Trinajstić information content (AvgIpc) is 2.52.